The third-order valence-corrected chi connectivity index (χ3v) is 1.56. The fraction of sp³-hybridized carbons (Fsp3) is 0.300. The van der Waals surface area contributed by atoms with Crippen molar-refractivity contribution in [2.24, 2.45) is 0 Å². The van der Waals surface area contributed by atoms with Crippen LogP contribution in [-0.4, -0.2) is 12.3 Å². The molecule has 2 heteroatoms. The Balaban J connectivity index is 2.57. The first-order valence-corrected chi connectivity index (χ1v) is 3.98. The van der Waals surface area contributed by atoms with Crippen LogP contribution >= 0.6 is 0 Å². The van der Waals surface area contributed by atoms with Crippen molar-refractivity contribution in [2.75, 3.05) is 11.9 Å². The maximum absolute atomic E-state index is 10.6. The second-order valence-electron chi connectivity index (χ2n) is 2.93. The maximum Gasteiger partial charge on any atom is 0.148 e. The van der Waals surface area contributed by atoms with Gasteiger partial charge in [0.05, 0.1) is 6.54 Å². The first-order chi connectivity index (χ1) is 5.68. The number of aryl methyl sites for hydroxylation is 1. The van der Waals surface area contributed by atoms with E-state index in [9.17, 15) is 4.79 Å². The van der Waals surface area contributed by atoms with Crippen molar-refractivity contribution in [1.82, 2.24) is 0 Å². The quantitative estimate of drug-likeness (QED) is 0.738. The number of benzene rings is 1. The molecular weight excluding hydrogens is 150 g/mol. The lowest BCUT2D eigenvalue weighted by molar-refractivity contribution is -0.115. The minimum atomic E-state index is 0.150. The molecule has 1 N–H and O–H groups in total. The Morgan fingerprint density at radius 2 is 2.25 bits per heavy atom. The van der Waals surface area contributed by atoms with Gasteiger partial charge in [-0.2, -0.15) is 0 Å². The molecule has 0 radical (unpaired) electrons. The highest BCUT2D eigenvalue weighted by molar-refractivity contribution is 5.80. The van der Waals surface area contributed by atoms with Crippen LogP contribution < -0.4 is 5.32 Å². The van der Waals surface area contributed by atoms with Gasteiger partial charge in [0.25, 0.3) is 0 Å². The Kier molecular flexibility index (Phi) is 2.86. The summed E-state index contributed by atoms with van der Waals surface area (Å²) in [6.45, 7) is 4.01. The van der Waals surface area contributed by atoms with E-state index in [4.69, 9.17) is 0 Å². The topological polar surface area (TPSA) is 29.1 Å². The summed E-state index contributed by atoms with van der Waals surface area (Å²) in [4.78, 5) is 10.6. The monoisotopic (exact) mass is 163 g/mol. The van der Waals surface area contributed by atoms with Gasteiger partial charge in [0, 0.05) is 5.69 Å². The molecule has 0 fully saturated rings. The SMILES string of the molecule is CC(=O)CNc1cccc(C)c1. The molecule has 0 amide bonds. The van der Waals surface area contributed by atoms with Gasteiger partial charge in [0.15, 0.2) is 0 Å². The van der Waals surface area contributed by atoms with Gasteiger partial charge >= 0.3 is 0 Å². The van der Waals surface area contributed by atoms with Crippen molar-refractivity contribution >= 4 is 11.5 Å². The average Bonchev–Trinajstić information content (AvgIpc) is 2.01. The number of carbonyl (C=O) groups is 1. The highest BCUT2D eigenvalue weighted by Crippen LogP contribution is 2.08. The number of ketones is 1. The van der Waals surface area contributed by atoms with Gasteiger partial charge in [-0.05, 0) is 31.5 Å². The standard InChI is InChI=1S/C10H13NO/c1-8-4-3-5-10(6-8)11-7-9(2)12/h3-6,11H,7H2,1-2H3. The summed E-state index contributed by atoms with van der Waals surface area (Å²) >= 11 is 0. The van der Waals surface area contributed by atoms with Crippen LogP contribution in [0.25, 0.3) is 0 Å². The van der Waals surface area contributed by atoms with E-state index in [-0.39, 0.29) is 5.78 Å². The molecule has 0 aliphatic carbocycles. The van der Waals surface area contributed by atoms with Crippen LogP contribution in [0.2, 0.25) is 0 Å². The summed E-state index contributed by atoms with van der Waals surface area (Å²) in [7, 11) is 0. The van der Waals surface area contributed by atoms with E-state index in [1.807, 2.05) is 31.2 Å². The second-order valence-corrected chi connectivity index (χ2v) is 2.93. The molecule has 1 rings (SSSR count). The first-order valence-electron chi connectivity index (χ1n) is 3.98. The first kappa shape index (κ1) is 8.78. The smallest absolute Gasteiger partial charge is 0.148 e. The van der Waals surface area contributed by atoms with Crippen LogP contribution in [0.4, 0.5) is 5.69 Å². The molecule has 1 aromatic rings. The van der Waals surface area contributed by atoms with Gasteiger partial charge in [-0.1, -0.05) is 12.1 Å². The minimum absolute atomic E-state index is 0.150. The fourth-order valence-electron chi connectivity index (χ4n) is 0.982. The third-order valence-electron chi connectivity index (χ3n) is 1.56. The van der Waals surface area contributed by atoms with Crippen molar-refractivity contribution < 1.29 is 4.79 Å². The van der Waals surface area contributed by atoms with E-state index in [1.165, 1.54) is 5.56 Å². The van der Waals surface area contributed by atoms with E-state index in [0.717, 1.165) is 5.69 Å². The lowest BCUT2D eigenvalue weighted by Crippen LogP contribution is -2.09. The number of hydrogen-bond acceptors (Lipinski definition) is 2. The molecule has 2 nitrogen and oxygen atoms in total. The van der Waals surface area contributed by atoms with E-state index in [2.05, 4.69) is 5.32 Å². The minimum Gasteiger partial charge on any atom is -0.378 e. The van der Waals surface area contributed by atoms with Crippen molar-refractivity contribution in [3.05, 3.63) is 29.8 Å². The van der Waals surface area contributed by atoms with Crippen LogP contribution in [0.15, 0.2) is 24.3 Å². The van der Waals surface area contributed by atoms with Crippen LogP contribution in [0.1, 0.15) is 12.5 Å². The van der Waals surface area contributed by atoms with Gasteiger partial charge in [0.1, 0.15) is 5.78 Å². The highest BCUT2D eigenvalue weighted by atomic mass is 16.1. The van der Waals surface area contributed by atoms with E-state index in [1.54, 1.807) is 6.92 Å². The molecule has 0 bridgehead atoms. The lowest BCUT2D eigenvalue weighted by Gasteiger charge is -2.03. The zero-order chi connectivity index (χ0) is 8.97. The normalized spacial score (nSPS) is 9.50. The molecule has 0 aliphatic rings. The van der Waals surface area contributed by atoms with Crippen LogP contribution in [0.3, 0.4) is 0 Å². The maximum atomic E-state index is 10.6. The molecule has 1 aromatic carbocycles. The molecule has 0 spiro atoms. The Labute approximate surface area is 72.6 Å². The van der Waals surface area contributed by atoms with Crippen molar-refractivity contribution in [3.8, 4) is 0 Å². The molecular formula is C10H13NO. The molecule has 0 saturated heterocycles. The van der Waals surface area contributed by atoms with Crippen LogP contribution in [0, 0.1) is 6.92 Å². The van der Waals surface area contributed by atoms with Crippen molar-refractivity contribution in [1.29, 1.82) is 0 Å². The molecule has 0 aliphatic heterocycles. The second kappa shape index (κ2) is 3.90. The largest absolute Gasteiger partial charge is 0.378 e. The number of rotatable bonds is 3. The van der Waals surface area contributed by atoms with Crippen LogP contribution in [-0.2, 0) is 4.79 Å². The number of anilines is 1. The Hall–Kier alpha value is -1.31. The third kappa shape index (κ3) is 2.74. The summed E-state index contributed by atoms with van der Waals surface area (Å²) in [5, 5.41) is 3.04. The zero-order valence-electron chi connectivity index (χ0n) is 7.42. The molecule has 0 aromatic heterocycles. The molecule has 0 unspecified atom stereocenters. The molecule has 0 atom stereocenters. The highest BCUT2D eigenvalue weighted by Gasteiger charge is 1.93. The Morgan fingerprint density at radius 1 is 1.50 bits per heavy atom. The van der Waals surface area contributed by atoms with Crippen molar-refractivity contribution in [2.45, 2.75) is 13.8 Å². The van der Waals surface area contributed by atoms with E-state index < -0.39 is 0 Å². The summed E-state index contributed by atoms with van der Waals surface area (Å²) < 4.78 is 0. The number of Topliss-reactive ketones (excluding diaryl/α,β-unsaturated/α-hetero) is 1. The summed E-state index contributed by atoms with van der Waals surface area (Å²) in [6, 6.07) is 7.97. The van der Waals surface area contributed by atoms with E-state index >= 15 is 0 Å². The molecule has 64 valence electrons. The van der Waals surface area contributed by atoms with Crippen molar-refractivity contribution in [3.63, 3.8) is 0 Å². The van der Waals surface area contributed by atoms with Gasteiger partial charge in [-0.3, -0.25) is 4.79 Å². The number of nitrogens with one attached hydrogen (secondary N) is 1. The Bertz CT molecular complexity index is 281. The van der Waals surface area contributed by atoms with Crippen LogP contribution in [0.5, 0.6) is 0 Å². The summed E-state index contributed by atoms with van der Waals surface area (Å²) in [5.74, 6) is 0.150. The molecule has 0 saturated carbocycles. The van der Waals surface area contributed by atoms with Gasteiger partial charge in [-0.25, -0.2) is 0 Å². The zero-order valence-corrected chi connectivity index (χ0v) is 7.42. The predicted molar refractivity (Wildman–Crippen MR) is 50.3 cm³/mol. The van der Waals surface area contributed by atoms with Gasteiger partial charge < -0.3 is 5.32 Å². The number of hydrogen-bond donors (Lipinski definition) is 1. The van der Waals surface area contributed by atoms with Gasteiger partial charge in [-0.15, -0.1) is 0 Å². The summed E-state index contributed by atoms with van der Waals surface area (Å²) in [5.41, 5.74) is 2.20. The summed E-state index contributed by atoms with van der Waals surface area (Å²) in [6.07, 6.45) is 0. The van der Waals surface area contributed by atoms with Gasteiger partial charge in [0.2, 0.25) is 0 Å². The average molecular weight is 163 g/mol. The molecule has 0 heterocycles. The van der Waals surface area contributed by atoms with E-state index in [0.29, 0.717) is 6.54 Å². The lowest BCUT2D eigenvalue weighted by atomic mass is 10.2. The Morgan fingerprint density at radius 3 is 2.83 bits per heavy atom. The number of carbonyl (C=O) groups excluding carboxylic acids is 1. The fourth-order valence-corrected chi connectivity index (χ4v) is 0.982. The predicted octanol–water partition coefficient (Wildman–Crippen LogP) is 2.00. The molecule has 12 heavy (non-hydrogen) atoms.